The number of amides is 1. The fraction of sp³-hybridized carbons (Fsp3) is 0.211. The van der Waals surface area contributed by atoms with E-state index < -0.39 is 0 Å². The summed E-state index contributed by atoms with van der Waals surface area (Å²) in [6, 6.07) is 10.5. The van der Waals surface area contributed by atoms with Crippen LogP contribution in [-0.4, -0.2) is 10.5 Å². The molecule has 3 aromatic rings. The first-order chi connectivity index (χ1) is 10.9. The van der Waals surface area contributed by atoms with Crippen molar-refractivity contribution in [2.45, 2.75) is 27.3 Å². The summed E-state index contributed by atoms with van der Waals surface area (Å²) in [7, 11) is 0. The molecule has 0 aliphatic heterocycles. The van der Waals surface area contributed by atoms with Crippen LogP contribution in [0.15, 0.2) is 42.6 Å². The van der Waals surface area contributed by atoms with E-state index >= 15 is 0 Å². The minimum atomic E-state index is -0.273. The Bertz CT molecular complexity index is 873. The van der Waals surface area contributed by atoms with Crippen molar-refractivity contribution in [3.8, 4) is 0 Å². The maximum absolute atomic E-state index is 13.2. The number of carbonyl (C=O) groups excluding carboxylic acids is 1. The summed E-state index contributed by atoms with van der Waals surface area (Å²) in [5, 5.41) is 3.78. The lowest BCUT2D eigenvalue weighted by Crippen LogP contribution is -2.19. The van der Waals surface area contributed by atoms with E-state index in [0.29, 0.717) is 0 Å². The van der Waals surface area contributed by atoms with Gasteiger partial charge < -0.3 is 9.88 Å². The second kappa shape index (κ2) is 5.88. The highest BCUT2D eigenvalue weighted by atomic mass is 19.1. The van der Waals surface area contributed by atoms with Crippen LogP contribution in [0.25, 0.3) is 10.9 Å². The molecule has 3 rings (SSSR count). The summed E-state index contributed by atoms with van der Waals surface area (Å²) < 4.78 is 15.1. The maximum Gasteiger partial charge on any atom is 0.244 e. The number of nitrogens with one attached hydrogen (secondary N) is 1. The molecule has 0 radical (unpaired) electrons. The van der Waals surface area contributed by atoms with E-state index in [2.05, 4.69) is 17.4 Å². The van der Waals surface area contributed by atoms with Crippen molar-refractivity contribution in [3.63, 3.8) is 0 Å². The Morgan fingerprint density at radius 1 is 1.09 bits per heavy atom. The van der Waals surface area contributed by atoms with Crippen LogP contribution in [0.5, 0.6) is 0 Å². The van der Waals surface area contributed by atoms with Crippen LogP contribution in [0.4, 0.5) is 10.1 Å². The fourth-order valence-corrected chi connectivity index (χ4v) is 3.02. The van der Waals surface area contributed by atoms with Crippen molar-refractivity contribution < 1.29 is 9.18 Å². The summed E-state index contributed by atoms with van der Waals surface area (Å²) in [6.45, 7) is 6.21. The van der Waals surface area contributed by atoms with Gasteiger partial charge in [-0.05, 0) is 56.2 Å². The molecule has 4 heteroatoms. The molecule has 0 atom stereocenters. The van der Waals surface area contributed by atoms with E-state index in [4.69, 9.17) is 0 Å². The van der Waals surface area contributed by atoms with E-state index in [1.165, 1.54) is 17.7 Å². The molecule has 1 aromatic heterocycles. The number of nitrogens with zero attached hydrogens (tertiary/aromatic N) is 1. The van der Waals surface area contributed by atoms with Gasteiger partial charge >= 0.3 is 0 Å². The van der Waals surface area contributed by atoms with Gasteiger partial charge in [-0.1, -0.05) is 17.7 Å². The van der Waals surface area contributed by atoms with Crippen LogP contribution in [0.3, 0.4) is 0 Å². The standard InChI is InChI=1S/C19H19FN2O/c1-12-8-13(2)19(14(3)9-12)21-18(23)11-22-7-6-15-10-16(20)4-5-17(15)22/h4-10H,11H2,1-3H3,(H,21,23). The van der Waals surface area contributed by atoms with Crippen molar-refractivity contribution in [1.29, 1.82) is 0 Å². The molecule has 0 aliphatic carbocycles. The predicted molar refractivity (Wildman–Crippen MR) is 91.2 cm³/mol. The van der Waals surface area contributed by atoms with E-state index in [9.17, 15) is 9.18 Å². The summed E-state index contributed by atoms with van der Waals surface area (Å²) in [5.41, 5.74) is 4.99. The van der Waals surface area contributed by atoms with Gasteiger partial charge in [-0.25, -0.2) is 4.39 Å². The smallest absolute Gasteiger partial charge is 0.244 e. The van der Waals surface area contributed by atoms with E-state index in [1.807, 2.05) is 31.4 Å². The zero-order valence-corrected chi connectivity index (χ0v) is 13.5. The lowest BCUT2D eigenvalue weighted by atomic mass is 10.1. The van der Waals surface area contributed by atoms with Gasteiger partial charge in [-0.15, -0.1) is 0 Å². The van der Waals surface area contributed by atoms with E-state index in [-0.39, 0.29) is 18.3 Å². The molecular formula is C19H19FN2O. The molecule has 1 amide bonds. The number of aryl methyl sites for hydroxylation is 3. The van der Waals surface area contributed by atoms with Gasteiger partial charge in [0.05, 0.1) is 0 Å². The van der Waals surface area contributed by atoms with Crippen LogP contribution in [0, 0.1) is 26.6 Å². The first kappa shape index (κ1) is 15.3. The van der Waals surface area contributed by atoms with E-state index in [1.54, 1.807) is 12.3 Å². The normalized spacial score (nSPS) is 11.0. The summed E-state index contributed by atoms with van der Waals surface area (Å²) in [4.78, 5) is 12.4. The second-order valence-electron chi connectivity index (χ2n) is 5.97. The average molecular weight is 310 g/mol. The molecule has 0 aliphatic rings. The van der Waals surface area contributed by atoms with Gasteiger partial charge in [0.1, 0.15) is 12.4 Å². The van der Waals surface area contributed by atoms with Gasteiger partial charge in [0.25, 0.3) is 0 Å². The Hall–Kier alpha value is -2.62. The number of carbonyl (C=O) groups is 1. The lowest BCUT2D eigenvalue weighted by Gasteiger charge is -2.13. The molecule has 0 saturated heterocycles. The number of benzene rings is 2. The quantitative estimate of drug-likeness (QED) is 0.767. The van der Waals surface area contributed by atoms with Crippen molar-refractivity contribution in [2.24, 2.45) is 0 Å². The van der Waals surface area contributed by atoms with Crippen LogP contribution in [0.1, 0.15) is 16.7 Å². The fourth-order valence-electron chi connectivity index (χ4n) is 3.02. The van der Waals surface area contributed by atoms with Crippen LogP contribution < -0.4 is 5.32 Å². The minimum Gasteiger partial charge on any atom is -0.338 e. The highest BCUT2D eigenvalue weighted by Gasteiger charge is 2.10. The third-order valence-corrected chi connectivity index (χ3v) is 3.99. The molecule has 3 nitrogen and oxygen atoms in total. The Morgan fingerprint density at radius 3 is 2.48 bits per heavy atom. The Kier molecular flexibility index (Phi) is 3.90. The van der Waals surface area contributed by atoms with Crippen LogP contribution >= 0.6 is 0 Å². The van der Waals surface area contributed by atoms with Gasteiger partial charge in [0, 0.05) is 22.8 Å². The number of rotatable bonds is 3. The zero-order valence-electron chi connectivity index (χ0n) is 13.5. The predicted octanol–water partition coefficient (Wildman–Crippen LogP) is 4.34. The minimum absolute atomic E-state index is 0.0955. The first-order valence-corrected chi connectivity index (χ1v) is 7.56. The van der Waals surface area contributed by atoms with Crippen molar-refractivity contribution in [3.05, 3.63) is 65.1 Å². The number of fused-ring (bicyclic) bond motifs is 1. The maximum atomic E-state index is 13.2. The highest BCUT2D eigenvalue weighted by Crippen LogP contribution is 2.22. The Morgan fingerprint density at radius 2 is 1.78 bits per heavy atom. The third kappa shape index (κ3) is 3.11. The molecule has 0 bridgehead atoms. The summed E-state index contributed by atoms with van der Waals surface area (Å²) >= 11 is 0. The molecule has 2 aromatic carbocycles. The number of hydrogen-bond donors (Lipinski definition) is 1. The van der Waals surface area contributed by atoms with Crippen LogP contribution in [0.2, 0.25) is 0 Å². The van der Waals surface area contributed by atoms with Gasteiger partial charge in [0.2, 0.25) is 5.91 Å². The van der Waals surface area contributed by atoms with Gasteiger partial charge in [-0.3, -0.25) is 4.79 Å². The Balaban J connectivity index is 1.82. The van der Waals surface area contributed by atoms with Crippen molar-refractivity contribution in [1.82, 2.24) is 4.57 Å². The number of anilines is 1. The average Bonchev–Trinajstić information content (AvgIpc) is 2.85. The van der Waals surface area contributed by atoms with Crippen LogP contribution in [-0.2, 0) is 11.3 Å². The molecule has 1 heterocycles. The van der Waals surface area contributed by atoms with E-state index in [0.717, 1.165) is 27.7 Å². The second-order valence-corrected chi connectivity index (χ2v) is 5.97. The summed E-state index contributed by atoms with van der Waals surface area (Å²) in [5.74, 6) is -0.368. The molecule has 0 fully saturated rings. The van der Waals surface area contributed by atoms with Gasteiger partial charge in [0.15, 0.2) is 0 Å². The third-order valence-electron chi connectivity index (χ3n) is 3.99. The monoisotopic (exact) mass is 310 g/mol. The SMILES string of the molecule is Cc1cc(C)c(NC(=O)Cn2ccc3cc(F)ccc32)c(C)c1. The van der Waals surface area contributed by atoms with Crippen molar-refractivity contribution in [2.75, 3.05) is 5.32 Å². The van der Waals surface area contributed by atoms with Gasteiger partial charge in [-0.2, -0.15) is 0 Å². The molecule has 1 N–H and O–H groups in total. The summed E-state index contributed by atoms with van der Waals surface area (Å²) in [6.07, 6.45) is 1.80. The molecular weight excluding hydrogens is 291 g/mol. The molecule has 0 unspecified atom stereocenters. The number of aromatic nitrogens is 1. The number of halogens is 1. The molecule has 118 valence electrons. The Labute approximate surface area is 134 Å². The number of hydrogen-bond acceptors (Lipinski definition) is 1. The van der Waals surface area contributed by atoms with Crippen molar-refractivity contribution >= 4 is 22.5 Å². The largest absolute Gasteiger partial charge is 0.338 e. The molecule has 23 heavy (non-hydrogen) atoms. The topological polar surface area (TPSA) is 34.0 Å². The molecule has 0 saturated carbocycles. The highest BCUT2D eigenvalue weighted by molar-refractivity contribution is 5.93. The zero-order chi connectivity index (χ0) is 16.6. The first-order valence-electron chi connectivity index (χ1n) is 7.56. The lowest BCUT2D eigenvalue weighted by molar-refractivity contribution is -0.116. The molecule has 0 spiro atoms.